The first-order valence-electron chi connectivity index (χ1n) is 5.69. The van der Waals surface area contributed by atoms with E-state index in [1.54, 1.807) is 11.3 Å². The molecule has 0 radical (unpaired) electrons. The lowest BCUT2D eigenvalue weighted by molar-refractivity contribution is 0.887. The van der Waals surface area contributed by atoms with Gasteiger partial charge in [0.15, 0.2) is 0 Å². The lowest BCUT2D eigenvalue weighted by Crippen LogP contribution is -2.06. The number of pyridine rings is 1. The van der Waals surface area contributed by atoms with E-state index in [1.807, 2.05) is 26.1 Å². The first-order chi connectivity index (χ1) is 8.06. The van der Waals surface area contributed by atoms with Crippen molar-refractivity contribution >= 4 is 17.0 Å². The summed E-state index contributed by atoms with van der Waals surface area (Å²) in [7, 11) is 0. The summed E-state index contributed by atoms with van der Waals surface area (Å²) in [6.07, 6.45) is 1.87. The third-order valence-electron chi connectivity index (χ3n) is 2.63. The van der Waals surface area contributed by atoms with Gasteiger partial charge < -0.3 is 5.32 Å². The van der Waals surface area contributed by atoms with E-state index in [1.165, 1.54) is 4.88 Å². The molecule has 0 aliphatic heterocycles. The quantitative estimate of drug-likeness (QED) is 0.900. The van der Waals surface area contributed by atoms with Crippen molar-refractivity contribution < 1.29 is 0 Å². The fourth-order valence-electron chi connectivity index (χ4n) is 1.82. The molecule has 0 aliphatic carbocycles. The summed E-state index contributed by atoms with van der Waals surface area (Å²) < 4.78 is 0. The van der Waals surface area contributed by atoms with Gasteiger partial charge in [0.25, 0.3) is 0 Å². The van der Waals surface area contributed by atoms with Gasteiger partial charge in [0, 0.05) is 10.6 Å². The number of nitrogens with zero attached hydrogens (tertiary/aromatic N) is 2. The van der Waals surface area contributed by atoms with Crippen LogP contribution in [0.5, 0.6) is 0 Å². The third-order valence-corrected chi connectivity index (χ3v) is 3.88. The molecule has 0 saturated heterocycles. The van der Waals surface area contributed by atoms with Gasteiger partial charge in [-0.25, -0.2) is 4.98 Å². The summed E-state index contributed by atoms with van der Waals surface area (Å²) in [5.74, 6) is 0. The summed E-state index contributed by atoms with van der Waals surface area (Å²) in [6.45, 7) is 8.25. The number of nitrogens with one attached hydrogen (secondary N) is 1. The number of rotatable bonds is 3. The minimum Gasteiger partial charge on any atom is -0.376 e. The predicted molar refractivity (Wildman–Crippen MR) is 72.6 cm³/mol. The summed E-state index contributed by atoms with van der Waals surface area (Å²) >= 11 is 1.75. The standard InChI is InChI=1S/C13H17N3S/c1-8-5-6-12(7-14-8)16-10(3)13-9(2)15-11(4)17-13/h5-7,10,16H,1-4H3. The van der Waals surface area contributed by atoms with Crippen molar-refractivity contribution in [2.75, 3.05) is 5.32 Å². The Morgan fingerprint density at radius 2 is 2.00 bits per heavy atom. The van der Waals surface area contributed by atoms with Crippen molar-refractivity contribution in [2.24, 2.45) is 0 Å². The molecule has 4 heteroatoms. The maximum absolute atomic E-state index is 4.45. The van der Waals surface area contributed by atoms with Crippen LogP contribution in [0.15, 0.2) is 18.3 Å². The second kappa shape index (κ2) is 4.84. The molecule has 0 amide bonds. The Hall–Kier alpha value is -1.42. The molecule has 2 aromatic heterocycles. The summed E-state index contributed by atoms with van der Waals surface area (Å²) in [6, 6.07) is 4.34. The van der Waals surface area contributed by atoms with Gasteiger partial charge in [-0.05, 0) is 39.8 Å². The Bertz CT molecular complexity index is 502. The van der Waals surface area contributed by atoms with Gasteiger partial charge in [-0.2, -0.15) is 0 Å². The van der Waals surface area contributed by atoms with Gasteiger partial charge >= 0.3 is 0 Å². The molecule has 17 heavy (non-hydrogen) atoms. The minimum atomic E-state index is 0.269. The Balaban J connectivity index is 2.14. The fourth-order valence-corrected chi connectivity index (χ4v) is 2.75. The van der Waals surface area contributed by atoms with E-state index in [2.05, 4.69) is 35.2 Å². The van der Waals surface area contributed by atoms with Gasteiger partial charge in [0.1, 0.15) is 0 Å². The zero-order valence-electron chi connectivity index (χ0n) is 10.6. The monoisotopic (exact) mass is 247 g/mol. The molecule has 3 nitrogen and oxygen atoms in total. The number of anilines is 1. The number of hydrogen-bond acceptors (Lipinski definition) is 4. The van der Waals surface area contributed by atoms with E-state index in [0.717, 1.165) is 22.1 Å². The van der Waals surface area contributed by atoms with Gasteiger partial charge in [0.05, 0.1) is 28.6 Å². The Kier molecular flexibility index (Phi) is 3.43. The molecule has 0 spiro atoms. The molecule has 0 fully saturated rings. The van der Waals surface area contributed by atoms with Crippen molar-refractivity contribution in [1.29, 1.82) is 0 Å². The number of hydrogen-bond donors (Lipinski definition) is 1. The van der Waals surface area contributed by atoms with Crippen molar-refractivity contribution in [3.8, 4) is 0 Å². The van der Waals surface area contributed by atoms with Crippen LogP contribution in [0.25, 0.3) is 0 Å². The van der Waals surface area contributed by atoms with Crippen LogP contribution in [0, 0.1) is 20.8 Å². The highest BCUT2D eigenvalue weighted by atomic mass is 32.1. The lowest BCUT2D eigenvalue weighted by atomic mass is 10.2. The predicted octanol–water partition coefficient (Wildman–Crippen LogP) is 3.64. The highest BCUT2D eigenvalue weighted by molar-refractivity contribution is 7.11. The molecule has 0 bridgehead atoms. The Morgan fingerprint density at radius 1 is 1.24 bits per heavy atom. The van der Waals surface area contributed by atoms with Crippen LogP contribution in [0.3, 0.4) is 0 Å². The molecule has 0 aromatic carbocycles. The van der Waals surface area contributed by atoms with Crippen molar-refractivity contribution in [2.45, 2.75) is 33.7 Å². The summed E-state index contributed by atoms with van der Waals surface area (Å²) in [5, 5.41) is 4.57. The second-order valence-corrected chi connectivity index (χ2v) is 5.47. The smallest absolute Gasteiger partial charge is 0.0900 e. The molecule has 90 valence electrons. The highest BCUT2D eigenvalue weighted by Gasteiger charge is 2.12. The lowest BCUT2D eigenvalue weighted by Gasteiger charge is -2.14. The van der Waals surface area contributed by atoms with Gasteiger partial charge in [-0.15, -0.1) is 11.3 Å². The zero-order chi connectivity index (χ0) is 12.4. The second-order valence-electron chi connectivity index (χ2n) is 4.24. The highest BCUT2D eigenvalue weighted by Crippen LogP contribution is 2.27. The molecular formula is C13H17N3S. The van der Waals surface area contributed by atoms with Crippen LogP contribution in [0.1, 0.15) is 34.2 Å². The van der Waals surface area contributed by atoms with E-state index in [4.69, 9.17) is 0 Å². The maximum atomic E-state index is 4.45. The van der Waals surface area contributed by atoms with Gasteiger partial charge in [-0.3, -0.25) is 4.98 Å². The molecule has 1 N–H and O–H groups in total. The van der Waals surface area contributed by atoms with E-state index in [0.29, 0.717) is 0 Å². The van der Waals surface area contributed by atoms with Crippen molar-refractivity contribution in [1.82, 2.24) is 9.97 Å². The zero-order valence-corrected chi connectivity index (χ0v) is 11.4. The SMILES string of the molecule is Cc1ccc(NC(C)c2sc(C)nc2C)cn1. The Morgan fingerprint density at radius 3 is 2.53 bits per heavy atom. The molecule has 1 atom stereocenters. The largest absolute Gasteiger partial charge is 0.376 e. The molecule has 1 unspecified atom stereocenters. The molecule has 0 saturated carbocycles. The number of aryl methyl sites for hydroxylation is 3. The third kappa shape index (κ3) is 2.82. The summed E-state index contributed by atoms with van der Waals surface area (Å²) in [5.41, 5.74) is 3.20. The van der Waals surface area contributed by atoms with Crippen LogP contribution in [-0.2, 0) is 0 Å². The number of thiazole rings is 1. The fraction of sp³-hybridized carbons (Fsp3) is 0.385. The van der Waals surface area contributed by atoms with Gasteiger partial charge in [0.2, 0.25) is 0 Å². The minimum absolute atomic E-state index is 0.269. The van der Waals surface area contributed by atoms with E-state index >= 15 is 0 Å². The molecule has 2 heterocycles. The van der Waals surface area contributed by atoms with E-state index in [9.17, 15) is 0 Å². The average Bonchev–Trinajstić information content (AvgIpc) is 2.61. The van der Waals surface area contributed by atoms with Crippen LogP contribution < -0.4 is 5.32 Å². The van der Waals surface area contributed by atoms with Crippen LogP contribution in [0.4, 0.5) is 5.69 Å². The first-order valence-corrected chi connectivity index (χ1v) is 6.51. The Labute approximate surface area is 106 Å². The van der Waals surface area contributed by atoms with E-state index in [-0.39, 0.29) is 6.04 Å². The van der Waals surface area contributed by atoms with Crippen LogP contribution in [0.2, 0.25) is 0 Å². The van der Waals surface area contributed by atoms with Crippen molar-refractivity contribution in [3.63, 3.8) is 0 Å². The molecule has 2 aromatic rings. The maximum Gasteiger partial charge on any atom is 0.0900 e. The molecule has 2 rings (SSSR count). The normalized spacial score (nSPS) is 12.5. The summed E-state index contributed by atoms with van der Waals surface area (Å²) in [4.78, 5) is 10.0. The average molecular weight is 247 g/mol. The van der Waals surface area contributed by atoms with E-state index < -0.39 is 0 Å². The molecule has 0 aliphatic rings. The van der Waals surface area contributed by atoms with Crippen molar-refractivity contribution in [3.05, 3.63) is 39.6 Å². The van der Waals surface area contributed by atoms with Gasteiger partial charge in [-0.1, -0.05) is 0 Å². The first kappa shape index (κ1) is 12.0. The van der Waals surface area contributed by atoms with Crippen LogP contribution in [-0.4, -0.2) is 9.97 Å². The number of aromatic nitrogens is 2. The topological polar surface area (TPSA) is 37.8 Å². The van der Waals surface area contributed by atoms with Crippen LogP contribution >= 0.6 is 11.3 Å². The molecular weight excluding hydrogens is 230 g/mol.